The van der Waals surface area contributed by atoms with Gasteiger partial charge in [-0.05, 0) is 25.3 Å². The van der Waals surface area contributed by atoms with Crippen molar-refractivity contribution >= 4 is 18.3 Å². The highest BCUT2D eigenvalue weighted by Crippen LogP contribution is 2.22. The molecule has 0 heterocycles. The fourth-order valence-electron chi connectivity index (χ4n) is 2.04. The van der Waals surface area contributed by atoms with Crippen LogP contribution in [0, 0.1) is 11.8 Å². The van der Waals surface area contributed by atoms with Gasteiger partial charge >= 0.3 is 0 Å². The summed E-state index contributed by atoms with van der Waals surface area (Å²) in [4.78, 5) is 11.8. The summed E-state index contributed by atoms with van der Waals surface area (Å²) in [6.45, 7) is 3.43. The molecule has 1 amide bonds. The van der Waals surface area contributed by atoms with Crippen LogP contribution in [0.15, 0.2) is 0 Å². The smallest absolute Gasteiger partial charge is 0.223 e. The minimum atomic E-state index is 0. The lowest BCUT2D eigenvalue weighted by Gasteiger charge is -2.16. The molecule has 3 N–H and O–H groups in total. The first-order valence-corrected chi connectivity index (χ1v) is 6.21. The van der Waals surface area contributed by atoms with Crippen molar-refractivity contribution in [3.8, 4) is 0 Å². The van der Waals surface area contributed by atoms with Crippen LogP contribution in [-0.4, -0.2) is 19.0 Å². The molecule has 0 saturated heterocycles. The summed E-state index contributed by atoms with van der Waals surface area (Å²) >= 11 is 0. The van der Waals surface area contributed by atoms with Crippen molar-refractivity contribution in [1.82, 2.24) is 5.32 Å². The number of hydrogen-bond donors (Lipinski definition) is 2. The van der Waals surface area contributed by atoms with Crippen LogP contribution in [-0.2, 0) is 4.79 Å². The quantitative estimate of drug-likeness (QED) is 0.749. The molecule has 1 aliphatic carbocycles. The van der Waals surface area contributed by atoms with Gasteiger partial charge in [-0.15, -0.1) is 12.4 Å². The number of hydrogen-bond acceptors (Lipinski definition) is 2. The maximum absolute atomic E-state index is 11.8. The number of carbonyl (C=O) groups is 1. The van der Waals surface area contributed by atoms with Crippen LogP contribution in [0.5, 0.6) is 0 Å². The van der Waals surface area contributed by atoms with E-state index in [4.69, 9.17) is 5.73 Å². The van der Waals surface area contributed by atoms with E-state index in [0.29, 0.717) is 12.5 Å². The van der Waals surface area contributed by atoms with Gasteiger partial charge in [0.2, 0.25) is 5.91 Å². The predicted molar refractivity (Wildman–Crippen MR) is 69.7 cm³/mol. The van der Waals surface area contributed by atoms with Crippen molar-refractivity contribution in [2.45, 2.75) is 45.4 Å². The largest absolute Gasteiger partial charge is 0.356 e. The van der Waals surface area contributed by atoms with Gasteiger partial charge in [-0.3, -0.25) is 4.79 Å². The molecule has 1 atom stereocenters. The summed E-state index contributed by atoms with van der Waals surface area (Å²) in [6.07, 6.45) is 7.16. The minimum absolute atomic E-state index is 0. The van der Waals surface area contributed by atoms with Crippen molar-refractivity contribution in [2.24, 2.45) is 17.6 Å². The van der Waals surface area contributed by atoms with Crippen molar-refractivity contribution in [3.63, 3.8) is 0 Å². The Morgan fingerprint density at radius 2 is 1.88 bits per heavy atom. The Bertz CT molecular complexity index is 191. The second-order valence-electron chi connectivity index (χ2n) is 4.77. The van der Waals surface area contributed by atoms with Crippen LogP contribution in [0.3, 0.4) is 0 Å². The highest BCUT2D eigenvalue weighted by Gasteiger charge is 2.19. The molecule has 1 aliphatic rings. The average Bonchev–Trinajstić information content (AvgIpc) is 2.53. The highest BCUT2D eigenvalue weighted by atomic mass is 35.5. The Kier molecular flexibility index (Phi) is 8.67. The van der Waals surface area contributed by atoms with Crippen LogP contribution in [0.2, 0.25) is 0 Å². The summed E-state index contributed by atoms with van der Waals surface area (Å²) in [6, 6.07) is 0. The number of carbonyl (C=O) groups excluding carboxylic acids is 1. The number of nitrogens with two attached hydrogens (primary N) is 1. The van der Waals surface area contributed by atoms with E-state index >= 15 is 0 Å². The summed E-state index contributed by atoms with van der Waals surface area (Å²) in [5, 5.41) is 3.01. The summed E-state index contributed by atoms with van der Waals surface area (Å²) < 4.78 is 0. The number of amides is 1. The van der Waals surface area contributed by atoms with Crippen LogP contribution in [0.1, 0.15) is 45.4 Å². The number of halogens is 1. The van der Waals surface area contributed by atoms with Crippen molar-refractivity contribution in [3.05, 3.63) is 0 Å². The lowest BCUT2D eigenvalue weighted by molar-refractivity contribution is -0.125. The third-order valence-corrected chi connectivity index (χ3v) is 3.25. The molecule has 0 aromatic heterocycles. The maximum Gasteiger partial charge on any atom is 0.223 e. The topological polar surface area (TPSA) is 55.1 Å². The molecule has 0 bridgehead atoms. The Balaban J connectivity index is 0.00000225. The van der Waals surface area contributed by atoms with Gasteiger partial charge in [0, 0.05) is 12.5 Å². The molecule has 1 unspecified atom stereocenters. The van der Waals surface area contributed by atoms with Crippen molar-refractivity contribution in [2.75, 3.05) is 13.1 Å². The Labute approximate surface area is 105 Å². The zero-order chi connectivity index (χ0) is 11.1. The van der Waals surface area contributed by atoms with Gasteiger partial charge in [0.1, 0.15) is 0 Å². The van der Waals surface area contributed by atoms with Crippen LogP contribution < -0.4 is 11.1 Å². The van der Waals surface area contributed by atoms with Crippen LogP contribution in [0.25, 0.3) is 0 Å². The number of rotatable bonds is 4. The maximum atomic E-state index is 11.8. The molecule has 0 aromatic rings. The van der Waals surface area contributed by atoms with Gasteiger partial charge in [0.25, 0.3) is 0 Å². The predicted octanol–water partition coefficient (Wildman–Crippen LogP) is 2.09. The van der Waals surface area contributed by atoms with Crippen LogP contribution in [0.4, 0.5) is 0 Å². The van der Waals surface area contributed by atoms with E-state index in [2.05, 4.69) is 12.2 Å². The lowest BCUT2D eigenvalue weighted by atomic mass is 9.99. The van der Waals surface area contributed by atoms with Crippen molar-refractivity contribution < 1.29 is 4.79 Å². The van der Waals surface area contributed by atoms with E-state index in [0.717, 1.165) is 19.4 Å². The molecule has 1 saturated carbocycles. The second-order valence-corrected chi connectivity index (χ2v) is 4.77. The molecule has 0 spiro atoms. The summed E-state index contributed by atoms with van der Waals surface area (Å²) in [5.74, 6) is 0.898. The molecular weight excluding hydrogens is 224 g/mol. The second kappa shape index (κ2) is 8.82. The van der Waals surface area contributed by atoms with Gasteiger partial charge in [-0.2, -0.15) is 0 Å². The first-order chi connectivity index (χ1) is 7.24. The Morgan fingerprint density at radius 3 is 2.38 bits per heavy atom. The van der Waals surface area contributed by atoms with Crippen LogP contribution >= 0.6 is 12.4 Å². The third-order valence-electron chi connectivity index (χ3n) is 3.25. The molecule has 3 nitrogen and oxygen atoms in total. The Hall–Kier alpha value is -0.280. The van der Waals surface area contributed by atoms with E-state index in [1.54, 1.807) is 0 Å². The molecule has 1 rings (SSSR count). The van der Waals surface area contributed by atoms with Gasteiger partial charge in [-0.25, -0.2) is 0 Å². The fourth-order valence-corrected chi connectivity index (χ4v) is 2.04. The Morgan fingerprint density at radius 1 is 1.31 bits per heavy atom. The molecule has 1 fully saturated rings. The molecule has 96 valence electrons. The lowest BCUT2D eigenvalue weighted by Crippen LogP contribution is -2.35. The zero-order valence-electron chi connectivity index (χ0n) is 10.2. The minimum Gasteiger partial charge on any atom is -0.356 e. The SMILES string of the molecule is CC(CN)CNC(=O)C1CCCCCC1.Cl. The van der Waals surface area contributed by atoms with Gasteiger partial charge < -0.3 is 11.1 Å². The normalized spacial score (nSPS) is 19.4. The highest BCUT2D eigenvalue weighted by molar-refractivity contribution is 5.85. The summed E-state index contributed by atoms with van der Waals surface area (Å²) in [5.41, 5.74) is 5.51. The molecular formula is C12H25ClN2O. The van der Waals surface area contributed by atoms with Crippen molar-refractivity contribution in [1.29, 1.82) is 0 Å². The van der Waals surface area contributed by atoms with E-state index < -0.39 is 0 Å². The molecule has 4 heteroatoms. The fraction of sp³-hybridized carbons (Fsp3) is 0.917. The standard InChI is InChI=1S/C12H24N2O.ClH/c1-10(8-13)9-14-12(15)11-6-4-2-3-5-7-11;/h10-11H,2-9,13H2,1H3,(H,14,15);1H. The number of nitrogens with one attached hydrogen (secondary N) is 1. The average molecular weight is 249 g/mol. The van der Waals surface area contributed by atoms with Gasteiger partial charge in [-0.1, -0.05) is 32.6 Å². The molecule has 0 radical (unpaired) electrons. The van der Waals surface area contributed by atoms with E-state index in [9.17, 15) is 4.79 Å². The van der Waals surface area contributed by atoms with Gasteiger partial charge in [0.05, 0.1) is 0 Å². The molecule has 0 aliphatic heterocycles. The monoisotopic (exact) mass is 248 g/mol. The first-order valence-electron chi connectivity index (χ1n) is 6.21. The zero-order valence-corrected chi connectivity index (χ0v) is 11.0. The summed E-state index contributed by atoms with van der Waals surface area (Å²) in [7, 11) is 0. The first kappa shape index (κ1) is 15.7. The van der Waals surface area contributed by atoms with E-state index in [1.165, 1.54) is 25.7 Å². The molecule has 0 aromatic carbocycles. The third kappa shape index (κ3) is 5.71. The van der Waals surface area contributed by atoms with Gasteiger partial charge in [0.15, 0.2) is 0 Å². The van der Waals surface area contributed by atoms with E-state index in [-0.39, 0.29) is 24.2 Å². The van der Waals surface area contributed by atoms with E-state index in [1.807, 2.05) is 0 Å². The molecule has 16 heavy (non-hydrogen) atoms.